The van der Waals surface area contributed by atoms with Crippen LogP contribution in [0.3, 0.4) is 0 Å². The van der Waals surface area contributed by atoms with Crippen molar-refractivity contribution in [1.29, 1.82) is 0 Å². The molecule has 0 saturated carbocycles. The number of alkyl halides is 3. The molecule has 0 radical (unpaired) electrons. The minimum Gasteiger partial charge on any atom is -0.481 e. The number of carbonyl (C=O) groups is 3. The topological polar surface area (TPSA) is 83.5 Å². The first-order chi connectivity index (χ1) is 6.73. The van der Waals surface area contributed by atoms with E-state index < -0.39 is 43.2 Å². The van der Waals surface area contributed by atoms with Gasteiger partial charge in [0.1, 0.15) is 12.2 Å². The van der Waals surface area contributed by atoms with Crippen LogP contribution in [0.2, 0.25) is 0 Å². The molecule has 8 heteroatoms. The van der Waals surface area contributed by atoms with E-state index in [1.165, 1.54) is 5.32 Å². The van der Waals surface area contributed by atoms with Gasteiger partial charge in [-0.3, -0.25) is 14.4 Å². The summed E-state index contributed by atoms with van der Waals surface area (Å²) in [6.45, 7) is -0.523. The lowest BCUT2D eigenvalue weighted by atomic mass is 10.2. The van der Waals surface area contributed by atoms with Gasteiger partial charge in [0.05, 0.1) is 0 Å². The number of carboxylic acid groups (broad SMARTS) is 1. The normalized spacial score (nSPS) is 10.9. The number of hydrogen-bond acceptors (Lipinski definition) is 3. The molecule has 0 bridgehead atoms. The number of nitrogens with one attached hydrogen (secondary N) is 1. The molecule has 0 atom stereocenters. The monoisotopic (exact) mass is 227 g/mol. The van der Waals surface area contributed by atoms with E-state index in [0.717, 1.165) is 0 Å². The molecule has 0 aliphatic heterocycles. The van der Waals surface area contributed by atoms with Gasteiger partial charge in [-0.25, -0.2) is 0 Å². The number of amides is 1. The molecule has 0 aromatic carbocycles. The molecule has 0 spiro atoms. The van der Waals surface area contributed by atoms with Crippen molar-refractivity contribution in [3.8, 4) is 0 Å². The third-order valence-electron chi connectivity index (χ3n) is 1.30. The molecule has 0 unspecified atom stereocenters. The first-order valence-electron chi connectivity index (χ1n) is 3.82. The maximum atomic E-state index is 11.6. The molecule has 0 heterocycles. The summed E-state index contributed by atoms with van der Waals surface area (Å²) in [6.07, 6.45) is -6.19. The number of aliphatic carboxylic acids is 1. The van der Waals surface area contributed by atoms with Gasteiger partial charge in [0.2, 0.25) is 0 Å². The number of Topliss-reactive ketones (excluding diaryl/α,β-unsaturated/α-hetero) is 1. The predicted octanol–water partition coefficient (Wildman–Crippen LogP) is 0.0988. The standard InChI is InChI=1S/C7H8F3NO4/c8-7(9,10)6(15)11-2-1-4(12)3-5(13)14/h1-3H2,(H,11,15)(H,13,14). The average Bonchev–Trinajstić information content (AvgIpc) is 2.00. The van der Waals surface area contributed by atoms with Crippen molar-refractivity contribution in [2.75, 3.05) is 6.54 Å². The summed E-state index contributed by atoms with van der Waals surface area (Å²) >= 11 is 0. The van der Waals surface area contributed by atoms with E-state index in [1.807, 2.05) is 0 Å². The van der Waals surface area contributed by atoms with E-state index in [4.69, 9.17) is 5.11 Å². The minimum absolute atomic E-state index is 0.436. The van der Waals surface area contributed by atoms with E-state index in [0.29, 0.717) is 0 Å². The Morgan fingerprint density at radius 1 is 1.20 bits per heavy atom. The Labute approximate surface area is 82.3 Å². The van der Waals surface area contributed by atoms with Crippen LogP contribution in [0.25, 0.3) is 0 Å². The van der Waals surface area contributed by atoms with Gasteiger partial charge in [-0.2, -0.15) is 13.2 Å². The summed E-state index contributed by atoms with van der Waals surface area (Å²) in [7, 11) is 0. The Morgan fingerprint density at radius 2 is 1.73 bits per heavy atom. The maximum absolute atomic E-state index is 11.6. The van der Waals surface area contributed by atoms with E-state index in [1.54, 1.807) is 0 Å². The van der Waals surface area contributed by atoms with Gasteiger partial charge in [0, 0.05) is 13.0 Å². The molecular formula is C7H8F3NO4. The fourth-order valence-electron chi connectivity index (χ4n) is 0.673. The number of hydrogen-bond donors (Lipinski definition) is 2. The van der Waals surface area contributed by atoms with Crippen LogP contribution in [0, 0.1) is 0 Å². The average molecular weight is 227 g/mol. The Hall–Kier alpha value is -1.60. The molecule has 0 fully saturated rings. The largest absolute Gasteiger partial charge is 0.481 e. The van der Waals surface area contributed by atoms with Crippen molar-refractivity contribution in [3.63, 3.8) is 0 Å². The van der Waals surface area contributed by atoms with E-state index in [9.17, 15) is 27.6 Å². The van der Waals surface area contributed by atoms with Gasteiger partial charge in [-0.1, -0.05) is 0 Å². The van der Waals surface area contributed by atoms with Gasteiger partial charge in [-0.05, 0) is 0 Å². The zero-order valence-electron chi connectivity index (χ0n) is 7.43. The Balaban J connectivity index is 3.76. The molecule has 15 heavy (non-hydrogen) atoms. The van der Waals surface area contributed by atoms with Crippen molar-refractivity contribution in [3.05, 3.63) is 0 Å². The number of halogens is 3. The quantitative estimate of drug-likeness (QED) is 0.652. The third kappa shape index (κ3) is 6.47. The number of carboxylic acids is 1. The predicted molar refractivity (Wildman–Crippen MR) is 40.9 cm³/mol. The van der Waals surface area contributed by atoms with Gasteiger partial charge < -0.3 is 10.4 Å². The molecule has 0 rings (SSSR count). The number of ketones is 1. The summed E-state index contributed by atoms with van der Waals surface area (Å²) < 4.78 is 34.8. The van der Waals surface area contributed by atoms with Crippen LogP contribution in [0.4, 0.5) is 13.2 Å². The molecular weight excluding hydrogens is 219 g/mol. The lowest BCUT2D eigenvalue weighted by Crippen LogP contribution is -2.37. The first-order valence-corrected chi connectivity index (χ1v) is 3.82. The molecule has 1 amide bonds. The lowest BCUT2D eigenvalue weighted by Gasteiger charge is -2.06. The fraction of sp³-hybridized carbons (Fsp3) is 0.571. The highest BCUT2D eigenvalue weighted by Gasteiger charge is 2.38. The molecule has 0 saturated heterocycles. The van der Waals surface area contributed by atoms with E-state index >= 15 is 0 Å². The molecule has 2 N–H and O–H groups in total. The van der Waals surface area contributed by atoms with Crippen LogP contribution in [0.15, 0.2) is 0 Å². The van der Waals surface area contributed by atoms with Crippen LogP contribution in [-0.2, 0) is 14.4 Å². The second-order valence-electron chi connectivity index (χ2n) is 2.61. The second-order valence-corrected chi connectivity index (χ2v) is 2.61. The summed E-state index contributed by atoms with van der Waals surface area (Å²) in [6, 6.07) is 0. The Bertz CT molecular complexity index is 274. The highest BCUT2D eigenvalue weighted by molar-refractivity contribution is 5.95. The molecule has 86 valence electrons. The summed E-state index contributed by atoms with van der Waals surface area (Å²) in [5, 5.41) is 9.58. The van der Waals surface area contributed by atoms with E-state index in [-0.39, 0.29) is 0 Å². The second kappa shape index (κ2) is 5.32. The van der Waals surface area contributed by atoms with E-state index in [2.05, 4.69) is 0 Å². The van der Waals surface area contributed by atoms with Gasteiger partial charge in [0.25, 0.3) is 0 Å². The van der Waals surface area contributed by atoms with Crippen LogP contribution < -0.4 is 5.32 Å². The van der Waals surface area contributed by atoms with Crippen LogP contribution in [-0.4, -0.2) is 35.5 Å². The SMILES string of the molecule is O=C(O)CC(=O)CCNC(=O)C(F)(F)F. The van der Waals surface area contributed by atoms with Gasteiger partial charge >= 0.3 is 18.1 Å². The summed E-state index contributed by atoms with van der Waals surface area (Å²) in [5.74, 6) is -4.25. The fourth-order valence-corrected chi connectivity index (χ4v) is 0.673. The summed E-state index contributed by atoms with van der Waals surface area (Å²) in [5.41, 5.74) is 0. The molecule has 0 aromatic rings. The molecule has 5 nitrogen and oxygen atoms in total. The number of carbonyl (C=O) groups excluding carboxylic acids is 2. The zero-order chi connectivity index (χ0) is 12.1. The smallest absolute Gasteiger partial charge is 0.471 e. The Kier molecular flexibility index (Phi) is 4.75. The van der Waals surface area contributed by atoms with Crippen molar-refractivity contribution >= 4 is 17.7 Å². The van der Waals surface area contributed by atoms with Gasteiger partial charge in [0.15, 0.2) is 0 Å². The van der Waals surface area contributed by atoms with Crippen molar-refractivity contribution in [1.82, 2.24) is 5.32 Å². The highest BCUT2D eigenvalue weighted by Crippen LogP contribution is 2.13. The van der Waals surface area contributed by atoms with Crippen LogP contribution in [0.1, 0.15) is 12.8 Å². The highest BCUT2D eigenvalue weighted by atomic mass is 19.4. The van der Waals surface area contributed by atoms with Crippen molar-refractivity contribution in [2.45, 2.75) is 19.0 Å². The minimum atomic E-state index is -4.99. The maximum Gasteiger partial charge on any atom is 0.471 e. The molecule has 0 aromatic heterocycles. The third-order valence-corrected chi connectivity index (χ3v) is 1.30. The summed E-state index contributed by atoms with van der Waals surface area (Å²) in [4.78, 5) is 30.9. The lowest BCUT2D eigenvalue weighted by molar-refractivity contribution is -0.173. The van der Waals surface area contributed by atoms with Crippen molar-refractivity contribution in [2.24, 2.45) is 0 Å². The number of rotatable bonds is 5. The van der Waals surface area contributed by atoms with Crippen LogP contribution >= 0.6 is 0 Å². The Morgan fingerprint density at radius 3 is 2.13 bits per heavy atom. The zero-order valence-corrected chi connectivity index (χ0v) is 7.43. The van der Waals surface area contributed by atoms with Gasteiger partial charge in [-0.15, -0.1) is 0 Å². The van der Waals surface area contributed by atoms with Crippen LogP contribution in [0.5, 0.6) is 0 Å². The van der Waals surface area contributed by atoms with Crippen molar-refractivity contribution < 1.29 is 32.7 Å². The molecule has 0 aliphatic carbocycles. The first kappa shape index (κ1) is 13.4. The molecule has 0 aliphatic rings.